The Labute approximate surface area is 203 Å². The van der Waals surface area contributed by atoms with Crippen molar-refractivity contribution in [1.29, 1.82) is 0 Å². The molecular weight excluding hydrogens is 446 g/mol. The molecule has 34 heavy (non-hydrogen) atoms. The van der Waals surface area contributed by atoms with Crippen LogP contribution in [0, 0.1) is 26.7 Å². The van der Waals surface area contributed by atoms with E-state index in [0.29, 0.717) is 6.54 Å². The normalized spacial score (nSPS) is 16.1. The maximum absolute atomic E-state index is 13.1. The third-order valence-corrected chi connectivity index (χ3v) is 7.61. The Balaban J connectivity index is 1.36. The fourth-order valence-electron chi connectivity index (χ4n) is 4.52. The van der Waals surface area contributed by atoms with Crippen LogP contribution >= 0.6 is 11.3 Å². The van der Waals surface area contributed by atoms with Gasteiger partial charge in [-0.05, 0) is 69.5 Å². The molecule has 0 radical (unpaired) electrons. The zero-order valence-electron chi connectivity index (χ0n) is 20.0. The number of aromatic nitrogens is 3. The van der Waals surface area contributed by atoms with Crippen LogP contribution in [0.5, 0.6) is 5.75 Å². The lowest BCUT2D eigenvalue weighted by atomic mass is 9.97. The fraction of sp³-hybridized carbons (Fsp3) is 0.346. The Bertz CT molecular complexity index is 1340. The second kappa shape index (κ2) is 9.10. The van der Waals surface area contributed by atoms with Gasteiger partial charge in [0.2, 0.25) is 5.91 Å². The Morgan fingerprint density at radius 3 is 2.68 bits per heavy atom. The number of fused-ring (bicyclic) bond motifs is 1. The molecule has 1 aliphatic rings. The molecule has 1 unspecified atom stereocenters. The summed E-state index contributed by atoms with van der Waals surface area (Å²) in [5.74, 6) is 0.820. The summed E-state index contributed by atoms with van der Waals surface area (Å²) in [5.41, 5.74) is 5.92. The topological polar surface area (TPSA) is 72.3 Å². The smallest absolute Gasteiger partial charge is 0.229 e. The number of piperidine rings is 1. The van der Waals surface area contributed by atoms with Gasteiger partial charge in [0.15, 0.2) is 10.8 Å². The van der Waals surface area contributed by atoms with Gasteiger partial charge in [0.05, 0.1) is 29.1 Å². The van der Waals surface area contributed by atoms with Crippen molar-refractivity contribution >= 4 is 38.4 Å². The molecule has 1 fully saturated rings. The van der Waals surface area contributed by atoms with E-state index in [9.17, 15) is 4.79 Å². The van der Waals surface area contributed by atoms with Crippen molar-refractivity contribution in [3.8, 4) is 11.4 Å². The average molecular weight is 476 g/mol. The van der Waals surface area contributed by atoms with Crippen LogP contribution in [-0.2, 0) is 4.79 Å². The van der Waals surface area contributed by atoms with Crippen molar-refractivity contribution in [1.82, 2.24) is 14.8 Å². The zero-order chi connectivity index (χ0) is 23.8. The first-order valence-corrected chi connectivity index (χ1v) is 12.4. The summed E-state index contributed by atoms with van der Waals surface area (Å²) in [5, 5.41) is 8.80. The van der Waals surface area contributed by atoms with E-state index in [1.807, 2.05) is 54.9 Å². The molecule has 0 saturated carbocycles. The molecule has 0 aliphatic carbocycles. The first-order chi connectivity index (χ1) is 16.4. The van der Waals surface area contributed by atoms with Gasteiger partial charge < -0.3 is 15.0 Å². The van der Waals surface area contributed by atoms with Gasteiger partial charge in [-0.25, -0.2) is 4.68 Å². The molecule has 1 saturated heterocycles. The lowest BCUT2D eigenvalue weighted by molar-refractivity contribution is -0.120. The minimum Gasteiger partial charge on any atom is -0.497 e. The number of carbonyl (C=O) groups excluding carboxylic acids is 1. The van der Waals surface area contributed by atoms with Crippen LogP contribution in [0.4, 0.5) is 10.8 Å². The summed E-state index contributed by atoms with van der Waals surface area (Å²) < 4.78 is 8.24. The quantitative estimate of drug-likeness (QED) is 0.426. The summed E-state index contributed by atoms with van der Waals surface area (Å²) in [7, 11) is 1.66. The van der Waals surface area contributed by atoms with Crippen LogP contribution in [0.25, 0.3) is 16.0 Å². The lowest BCUT2D eigenvalue weighted by Crippen LogP contribution is -2.40. The predicted octanol–water partition coefficient (Wildman–Crippen LogP) is 5.27. The highest BCUT2D eigenvalue weighted by atomic mass is 32.1. The van der Waals surface area contributed by atoms with Crippen LogP contribution in [0.15, 0.2) is 42.5 Å². The summed E-state index contributed by atoms with van der Waals surface area (Å²) >= 11 is 1.65. The zero-order valence-corrected chi connectivity index (χ0v) is 20.8. The average Bonchev–Trinajstić information content (AvgIpc) is 3.41. The molecule has 4 aromatic rings. The maximum atomic E-state index is 13.1. The van der Waals surface area contributed by atoms with Gasteiger partial charge in [-0.15, -0.1) is 0 Å². The summed E-state index contributed by atoms with van der Waals surface area (Å²) in [4.78, 5) is 20.3. The molecule has 1 atom stereocenters. The molecule has 5 rings (SSSR count). The Kier molecular flexibility index (Phi) is 6.00. The van der Waals surface area contributed by atoms with Gasteiger partial charge in [0, 0.05) is 18.8 Å². The predicted molar refractivity (Wildman–Crippen MR) is 138 cm³/mol. The molecule has 8 heteroatoms. The molecule has 1 amide bonds. The molecule has 3 heterocycles. The first-order valence-electron chi connectivity index (χ1n) is 11.6. The number of nitrogens with zero attached hydrogens (tertiary/aromatic N) is 4. The highest BCUT2D eigenvalue weighted by Crippen LogP contribution is 2.35. The van der Waals surface area contributed by atoms with Crippen LogP contribution in [0.1, 0.15) is 29.7 Å². The number of hydrogen-bond donors (Lipinski definition) is 1. The van der Waals surface area contributed by atoms with Crippen molar-refractivity contribution in [2.24, 2.45) is 5.92 Å². The van der Waals surface area contributed by atoms with Gasteiger partial charge in [-0.1, -0.05) is 29.0 Å². The number of anilines is 2. The molecule has 1 aliphatic heterocycles. The number of benzene rings is 2. The Morgan fingerprint density at radius 2 is 1.94 bits per heavy atom. The van der Waals surface area contributed by atoms with Crippen molar-refractivity contribution in [2.75, 3.05) is 30.4 Å². The van der Waals surface area contributed by atoms with E-state index in [-0.39, 0.29) is 11.8 Å². The van der Waals surface area contributed by atoms with E-state index in [1.54, 1.807) is 18.4 Å². The number of rotatable bonds is 5. The molecule has 0 spiro atoms. The minimum atomic E-state index is -0.0688. The second-order valence-electron chi connectivity index (χ2n) is 8.94. The minimum absolute atomic E-state index is 0.0688. The molecule has 2 aromatic heterocycles. The maximum Gasteiger partial charge on any atom is 0.229 e. The summed E-state index contributed by atoms with van der Waals surface area (Å²) in [6.45, 7) is 7.68. The van der Waals surface area contributed by atoms with Gasteiger partial charge >= 0.3 is 0 Å². The van der Waals surface area contributed by atoms with E-state index in [0.717, 1.165) is 63.2 Å². The van der Waals surface area contributed by atoms with Crippen LogP contribution in [-0.4, -0.2) is 40.9 Å². The standard InChI is InChI=1S/C26H29N5O2S/c1-16-7-12-22(17(2)14-16)27-25(32)19-6-5-13-30(15-19)26-28-24-23(34-26)18(3)29-31(24)20-8-10-21(33-4)11-9-20/h7-12,14,19H,5-6,13,15H2,1-4H3,(H,27,32). The van der Waals surface area contributed by atoms with Gasteiger partial charge in [0.1, 0.15) is 5.75 Å². The highest BCUT2D eigenvalue weighted by molar-refractivity contribution is 7.22. The SMILES string of the molecule is COc1ccc(-n2nc(C)c3sc(N4CCCC(C(=O)Nc5ccc(C)cc5C)C4)nc32)cc1. The van der Waals surface area contributed by atoms with Gasteiger partial charge in [0.25, 0.3) is 0 Å². The summed E-state index contributed by atoms with van der Waals surface area (Å²) in [6.07, 6.45) is 1.85. The molecular formula is C26H29N5O2S. The number of hydrogen-bond acceptors (Lipinski definition) is 6. The molecule has 176 valence electrons. The number of thiazole rings is 1. The van der Waals surface area contributed by atoms with E-state index in [4.69, 9.17) is 14.8 Å². The van der Waals surface area contributed by atoms with Crippen molar-refractivity contribution < 1.29 is 9.53 Å². The third kappa shape index (κ3) is 4.25. The van der Waals surface area contributed by atoms with Crippen LogP contribution < -0.4 is 15.0 Å². The van der Waals surface area contributed by atoms with E-state index < -0.39 is 0 Å². The third-order valence-electron chi connectivity index (χ3n) is 6.40. The van der Waals surface area contributed by atoms with Crippen LogP contribution in [0.2, 0.25) is 0 Å². The van der Waals surface area contributed by atoms with Crippen molar-refractivity contribution in [3.05, 3.63) is 59.3 Å². The van der Waals surface area contributed by atoms with Crippen molar-refractivity contribution in [2.45, 2.75) is 33.6 Å². The summed E-state index contributed by atoms with van der Waals surface area (Å²) in [6, 6.07) is 13.9. The van der Waals surface area contributed by atoms with Crippen molar-refractivity contribution in [3.63, 3.8) is 0 Å². The highest BCUT2D eigenvalue weighted by Gasteiger charge is 2.28. The Hall–Kier alpha value is -3.39. The molecule has 2 aromatic carbocycles. The van der Waals surface area contributed by atoms with E-state index in [1.165, 1.54) is 5.56 Å². The largest absolute Gasteiger partial charge is 0.497 e. The Morgan fingerprint density at radius 1 is 1.15 bits per heavy atom. The lowest BCUT2D eigenvalue weighted by Gasteiger charge is -2.31. The monoisotopic (exact) mass is 475 g/mol. The number of amides is 1. The number of ether oxygens (including phenoxy) is 1. The first kappa shape index (κ1) is 22.4. The van der Waals surface area contributed by atoms with E-state index in [2.05, 4.69) is 23.2 Å². The molecule has 1 N–H and O–H groups in total. The number of carbonyl (C=O) groups is 1. The van der Waals surface area contributed by atoms with Gasteiger partial charge in [-0.2, -0.15) is 10.1 Å². The molecule has 7 nitrogen and oxygen atoms in total. The fourth-order valence-corrected chi connectivity index (χ4v) is 5.54. The second-order valence-corrected chi connectivity index (χ2v) is 9.91. The number of nitrogens with one attached hydrogen (secondary N) is 1. The number of aryl methyl sites for hydroxylation is 3. The van der Waals surface area contributed by atoms with E-state index >= 15 is 0 Å². The van der Waals surface area contributed by atoms with Gasteiger partial charge in [-0.3, -0.25) is 4.79 Å². The van der Waals surface area contributed by atoms with Crippen LogP contribution in [0.3, 0.4) is 0 Å². The molecule has 0 bridgehead atoms. The number of methoxy groups -OCH3 is 1.